The van der Waals surface area contributed by atoms with Gasteiger partial charge in [-0.2, -0.15) is 0 Å². The zero-order chi connectivity index (χ0) is 26.8. The molecule has 6 nitrogen and oxygen atoms in total. The molecule has 39 heavy (non-hydrogen) atoms. The van der Waals surface area contributed by atoms with Gasteiger partial charge in [0.1, 0.15) is 12.4 Å². The Kier molecular flexibility index (Phi) is 9.60. The minimum Gasteiger partial charge on any atom is -0.492 e. The number of carbonyl (C=O) groups excluding carboxylic acids is 1. The van der Waals surface area contributed by atoms with Crippen molar-refractivity contribution >= 4 is 5.91 Å². The number of pyridine rings is 2. The molecule has 4 heterocycles. The van der Waals surface area contributed by atoms with Crippen LogP contribution in [0.4, 0.5) is 0 Å². The zero-order valence-corrected chi connectivity index (χ0v) is 23.1. The summed E-state index contributed by atoms with van der Waals surface area (Å²) in [5, 5.41) is 0. The molecule has 1 aromatic carbocycles. The first-order valence-electron chi connectivity index (χ1n) is 14.7. The lowest BCUT2D eigenvalue weighted by Crippen LogP contribution is -2.48. The molecule has 2 aliphatic rings. The number of nitrogens with zero attached hydrogens (tertiary/aromatic N) is 4. The fraction of sp³-hybridized carbons (Fsp3) is 0.485. The number of ether oxygens (including phenoxy) is 1. The van der Waals surface area contributed by atoms with Crippen molar-refractivity contribution in [2.75, 3.05) is 32.8 Å². The van der Waals surface area contributed by atoms with Gasteiger partial charge in [0.15, 0.2) is 0 Å². The number of aryl methyl sites for hydroxylation is 2. The Labute approximate surface area is 233 Å². The maximum absolute atomic E-state index is 13.1. The summed E-state index contributed by atoms with van der Waals surface area (Å²) in [5.74, 6) is 1.34. The molecule has 0 N–H and O–H groups in total. The number of piperidine rings is 1. The summed E-state index contributed by atoms with van der Waals surface area (Å²) in [5.41, 5.74) is 4.04. The highest BCUT2D eigenvalue weighted by molar-refractivity contribution is 5.76. The van der Waals surface area contributed by atoms with E-state index in [2.05, 4.69) is 50.1 Å². The van der Waals surface area contributed by atoms with Crippen LogP contribution >= 0.6 is 0 Å². The summed E-state index contributed by atoms with van der Waals surface area (Å²) in [6.45, 7) is 5.20. The van der Waals surface area contributed by atoms with Crippen molar-refractivity contribution in [1.29, 1.82) is 0 Å². The van der Waals surface area contributed by atoms with E-state index in [1.807, 2.05) is 43.0 Å². The number of para-hydroxylation sites is 1. The standard InChI is InChI=1S/C33H42N4O2/c38-32(12-5-7-28-13-19-34-20-14-28)37-21-16-33(17-22-37)15-4-3-10-30-9-1-2-11-31(30)39-24-23-36(27-33)26-29-8-6-18-35-25-29/h1-2,6,8-9,11,13-14,18-20,25H,3-5,7,10,12,15-17,21-24,26-27H2. The molecule has 0 aliphatic carbocycles. The Morgan fingerprint density at radius 3 is 2.54 bits per heavy atom. The van der Waals surface area contributed by atoms with Crippen molar-refractivity contribution < 1.29 is 9.53 Å². The number of carbonyl (C=O) groups is 1. The number of hydrogen-bond donors (Lipinski definition) is 0. The van der Waals surface area contributed by atoms with Gasteiger partial charge in [-0.05, 0) is 91.3 Å². The zero-order valence-electron chi connectivity index (χ0n) is 23.1. The van der Waals surface area contributed by atoms with Crippen LogP contribution in [0.5, 0.6) is 5.75 Å². The highest BCUT2D eigenvalue weighted by Crippen LogP contribution is 2.39. The Hall–Kier alpha value is -3.25. The number of fused-ring (bicyclic) bond motifs is 1. The summed E-state index contributed by atoms with van der Waals surface area (Å²) in [4.78, 5) is 26.2. The van der Waals surface area contributed by atoms with Crippen molar-refractivity contribution in [3.05, 3.63) is 90.0 Å². The SMILES string of the molecule is O=C(CCCc1ccncc1)N1CCC2(CCCCc3ccccc3OCCN(Cc3cccnc3)C2)CC1. The fourth-order valence-corrected chi connectivity index (χ4v) is 6.26. The summed E-state index contributed by atoms with van der Waals surface area (Å²) in [6, 6.07) is 16.8. The lowest BCUT2D eigenvalue weighted by Gasteiger charge is -2.45. The monoisotopic (exact) mass is 526 g/mol. The minimum atomic E-state index is 0.231. The largest absolute Gasteiger partial charge is 0.492 e. The van der Waals surface area contributed by atoms with Gasteiger partial charge >= 0.3 is 0 Å². The van der Waals surface area contributed by atoms with Gasteiger partial charge in [-0.25, -0.2) is 0 Å². The van der Waals surface area contributed by atoms with Crippen LogP contribution in [0.15, 0.2) is 73.3 Å². The van der Waals surface area contributed by atoms with E-state index >= 15 is 0 Å². The molecular formula is C33H42N4O2. The van der Waals surface area contributed by atoms with Crippen molar-refractivity contribution in [3.63, 3.8) is 0 Å². The Balaban J connectivity index is 1.23. The molecule has 1 amide bonds. The molecule has 1 saturated heterocycles. The van der Waals surface area contributed by atoms with Crippen LogP contribution in [0.1, 0.15) is 61.6 Å². The molecule has 0 bridgehead atoms. The summed E-state index contributed by atoms with van der Waals surface area (Å²) >= 11 is 0. The normalized spacial score (nSPS) is 18.4. The molecule has 1 fully saturated rings. The molecule has 0 saturated carbocycles. The van der Waals surface area contributed by atoms with Gasteiger partial charge in [0.25, 0.3) is 0 Å². The van der Waals surface area contributed by atoms with E-state index < -0.39 is 0 Å². The topological polar surface area (TPSA) is 58.6 Å². The molecule has 2 aliphatic heterocycles. The van der Waals surface area contributed by atoms with Gasteiger partial charge < -0.3 is 9.64 Å². The fourth-order valence-electron chi connectivity index (χ4n) is 6.26. The number of aromatic nitrogens is 2. The quantitative estimate of drug-likeness (QED) is 0.411. The predicted molar refractivity (Wildman–Crippen MR) is 154 cm³/mol. The van der Waals surface area contributed by atoms with E-state index in [-0.39, 0.29) is 5.41 Å². The maximum Gasteiger partial charge on any atom is 0.222 e. The average molecular weight is 527 g/mol. The Morgan fingerprint density at radius 2 is 1.72 bits per heavy atom. The lowest BCUT2D eigenvalue weighted by atomic mass is 9.73. The Bertz CT molecular complexity index is 1160. The van der Waals surface area contributed by atoms with Crippen LogP contribution in [0.3, 0.4) is 0 Å². The van der Waals surface area contributed by atoms with Crippen molar-refractivity contribution in [1.82, 2.24) is 19.8 Å². The molecule has 1 spiro atoms. The number of benzene rings is 1. The molecular weight excluding hydrogens is 484 g/mol. The number of amides is 1. The third kappa shape index (κ3) is 7.89. The maximum atomic E-state index is 13.1. The molecule has 206 valence electrons. The molecule has 0 radical (unpaired) electrons. The first kappa shape index (κ1) is 27.3. The number of hydrogen-bond acceptors (Lipinski definition) is 5. The molecule has 6 heteroatoms. The van der Waals surface area contributed by atoms with E-state index in [1.54, 1.807) is 0 Å². The predicted octanol–water partition coefficient (Wildman–Crippen LogP) is 5.72. The second-order valence-corrected chi connectivity index (χ2v) is 11.3. The summed E-state index contributed by atoms with van der Waals surface area (Å²) < 4.78 is 6.31. The van der Waals surface area contributed by atoms with Gasteiger partial charge in [0.05, 0.1) is 0 Å². The highest BCUT2D eigenvalue weighted by atomic mass is 16.5. The van der Waals surface area contributed by atoms with Gasteiger partial charge in [0, 0.05) is 63.9 Å². The van der Waals surface area contributed by atoms with Gasteiger partial charge in [0.2, 0.25) is 5.91 Å². The third-order valence-corrected chi connectivity index (χ3v) is 8.51. The highest BCUT2D eigenvalue weighted by Gasteiger charge is 2.37. The van der Waals surface area contributed by atoms with Crippen molar-refractivity contribution in [3.8, 4) is 5.75 Å². The van der Waals surface area contributed by atoms with Crippen molar-refractivity contribution in [2.24, 2.45) is 5.41 Å². The van der Waals surface area contributed by atoms with Crippen LogP contribution in [0.25, 0.3) is 0 Å². The molecule has 3 aromatic rings. The van der Waals surface area contributed by atoms with E-state index in [0.717, 1.165) is 70.6 Å². The second-order valence-electron chi connectivity index (χ2n) is 11.3. The van der Waals surface area contributed by atoms with E-state index in [9.17, 15) is 4.79 Å². The lowest BCUT2D eigenvalue weighted by molar-refractivity contribution is -0.134. The second kappa shape index (κ2) is 13.7. The van der Waals surface area contributed by atoms with E-state index in [1.165, 1.54) is 36.0 Å². The number of likely N-dealkylation sites (tertiary alicyclic amines) is 1. The molecule has 0 unspecified atom stereocenters. The van der Waals surface area contributed by atoms with Gasteiger partial charge in [-0.3, -0.25) is 19.7 Å². The molecule has 2 aromatic heterocycles. The first-order chi connectivity index (χ1) is 19.2. The van der Waals surface area contributed by atoms with Crippen LogP contribution in [-0.4, -0.2) is 58.5 Å². The number of rotatable bonds is 6. The van der Waals surface area contributed by atoms with E-state index in [0.29, 0.717) is 18.9 Å². The van der Waals surface area contributed by atoms with Crippen LogP contribution < -0.4 is 4.74 Å². The van der Waals surface area contributed by atoms with Crippen LogP contribution in [0.2, 0.25) is 0 Å². The van der Waals surface area contributed by atoms with Gasteiger partial charge in [-0.1, -0.05) is 30.7 Å². The Morgan fingerprint density at radius 1 is 0.872 bits per heavy atom. The molecule has 5 rings (SSSR count). The van der Waals surface area contributed by atoms with Crippen molar-refractivity contribution in [2.45, 2.75) is 64.3 Å². The van der Waals surface area contributed by atoms with Gasteiger partial charge in [-0.15, -0.1) is 0 Å². The first-order valence-corrected chi connectivity index (χ1v) is 14.7. The molecule has 0 atom stereocenters. The van der Waals surface area contributed by atoms with Crippen LogP contribution in [-0.2, 0) is 24.2 Å². The minimum absolute atomic E-state index is 0.231. The average Bonchev–Trinajstić information content (AvgIpc) is 2.97. The summed E-state index contributed by atoms with van der Waals surface area (Å²) in [6.07, 6.45) is 16.7. The smallest absolute Gasteiger partial charge is 0.222 e. The van der Waals surface area contributed by atoms with Crippen LogP contribution in [0, 0.1) is 5.41 Å². The summed E-state index contributed by atoms with van der Waals surface area (Å²) in [7, 11) is 0. The van der Waals surface area contributed by atoms with E-state index in [4.69, 9.17) is 4.74 Å². The third-order valence-electron chi connectivity index (χ3n) is 8.51.